The van der Waals surface area contributed by atoms with Crippen molar-refractivity contribution in [2.45, 2.75) is 45.0 Å². The summed E-state index contributed by atoms with van der Waals surface area (Å²) in [5, 5.41) is 0. The van der Waals surface area contributed by atoms with Gasteiger partial charge in [0.25, 0.3) is 0 Å². The molecule has 0 aliphatic carbocycles. The number of benzene rings is 2. The van der Waals surface area contributed by atoms with Gasteiger partial charge in [-0.15, -0.1) is 0 Å². The Hall–Kier alpha value is -2.31. The second-order valence-electron chi connectivity index (χ2n) is 6.31. The van der Waals surface area contributed by atoms with Gasteiger partial charge in [-0.2, -0.15) is 8.78 Å². The number of hydrogen-bond acceptors (Lipinski definition) is 4. The molecule has 152 valence electrons. The zero-order valence-corrected chi connectivity index (χ0v) is 16.0. The molecule has 0 amide bonds. The molecule has 0 fully saturated rings. The fraction of sp³-hybridized carbons (Fsp3) is 0.409. The minimum atomic E-state index is -3.72. The van der Waals surface area contributed by atoms with Gasteiger partial charge in [0.15, 0.2) is 0 Å². The van der Waals surface area contributed by atoms with E-state index in [1.807, 2.05) is 36.4 Å². The first-order chi connectivity index (χ1) is 13.5. The van der Waals surface area contributed by atoms with E-state index in [2.05, 4.69) is 4.74 Å². The maximum absolute atomic E-state index is 14.5. The molecule has 0 aliphatic heterocycles. The summed E-state index contributed by atoms with van der Waals surface area (Å²) in [6.45, 7) is 2.07. The van der Waals surface area contributed by atoms with E-state index in [1.54, 1.807) is 24.3 Å². The standard InChI is InChI=1S/C22H26F2O4/c1-2-27-21(25)22(23,24)20(28-17-19-12-7-4-8-13-19)14-9-15-26-16-18-10-5-3-6-11-18/h3-8,10-13,20H,2,9,14-17H2,1H3. The number of ether oxygens (including phenoxy) is 3. The summed E-state index contributed by atoms with van der Waals surface area (Å²) in [7, 11) is 0. The van der Waals surface area contributed by atoms with Gasteiger partial charge < -0.3 is 14.2 Å². The van der Waals surface area contributed by atoms with Crippen LogP contribution in [-0.2, 0) is 32.2 Å². The van der Waals surface area contributed by atoms with E-state index in [1.165, 1.54) is 6.92 Å². The van der Waals surface area contributed by atoms with Gasteiger partial charge in [-0.25, -0.2) is 4.79 Å². The minimum absolute atomic E-state index is 0.00856. The minimum Gasteiger partial charge on any atom is -0.461 e. The molecule has 2 aromatic rings. The van der Waals surface area contributed by atoms with E-state index in [9.17, 15) is 13.6 Å². The molecule has 28 heavy (non-hydrogen) atoms. The lowest BCUT2D eigenvalue weighted by Gasteiger charge is -2.25. The van der Waals surface area contributed by atoms with Crippen LogP contribution in [0.4, 0.5) is 8.78 Å². The molecule has 0 spiro atoms. The van der Waals surface area contributed by atoms with Crippen LogP contribution in [0.15, 0.2) is 60.7 Å². The summed E-state index contributed by atoms with van der Waals surface area (Å²) in [6, 6.07) is 18.6. The number of carbonyl (C=O) groups is 1. The number of rotatable bonds is 12. The van der Waals surface area contributed by atoms with Gasteiger partial charge in [0.1, 0.15) is 6.10 Å². The van der Waals surface area contributed by atoms with Gasteiger partial charge in [0.05, 0.1) is 19.8 Å². The molecule has 0 radical (unpaired) electrons. The van der Waals surface area contributed by atoms with E-state index in [0.29, 0.717) is 19.6 Å². The first-order valence-electron chi connectivity index (χ1n) is 9.36. The Balaban J connectivity index is 1.88. The second-order valence-corrected chi connectivity index (χ2v) is 6.31. The normalized spacial score (nSPS) is 12.5. The van der Waals surface area contributed by atoms with E-state index >= 15 is 0 Å². The molecule has 2 aromatic carbocycles. The van der Waals surface area contributed by atoms with Crippen molar-refractivity contribution in [2.24, 2.45) is 0 Å². The fourth-order valence-corrected chi connectivity index (χ4v) is 2.63. The molecule has 1 atom stereocenters. The van der Waals surface area contributed by atoms with Crippen LogP contribution < -0.4 is 0 Å². The molecule has 0 aliphatic rings. The number of halogens is 2. The smallest absolute Gasteiger partial charge is 0.379 e. The van der Waals surface area contributed by atoms with Crippen molar-refractivity contribution < 1.29 is 27.8 Å². The Labute approximate surface area is 164 Å². The molecule has 0 saturated heterocycles. The summed E-state index contributed by atoms with van der Waals surface area (Å²) < 4.78 is 44.5. The Kier molecular flexibility index (Phi) is 9.04. The van der Waals surface area contributed by atoms with Crippen molar-refractivity contribution in [3.8, 4) is 0 Å². The quantitative estimate of drug-likeness (QED) is 0.386. The first kappa shape index (κ1) is 22.0. The summed E-state index contributed by atoms with van der Waals surface area (Å²) in [4.78, 5) is 11.7. The third-order valence-corrected chi connectivity index (χ3v) is 4.11. The van der Waals surface area contributed by atoms with Crippen LogP contribution in [0.5, 0.6) is 0 Å². The zero-order valence-electron chi connectivity index (χ0n) is 16.0. The van der Waals surface area contributed by atoms with Crippen LogP contribution in [0, 0.1) is 0 Å². The fourth-order valence-electron chi connectivity index (χ4n) is 2.63. The van der Waals surface area contributed by atoms with Crippen molar-refractivity contribution in [2.75, 3.05) is 13.2 Å². The van der Waals surface area contributed by atoms with Gasteiger partial charge in [-0.3, -0.25) is 0 Å². The number of carbonyl (C=O) groups excluding carboxylic acids is 1. The summed E-state index contributed by atoms with van der Waals surface area (Å²) in [5.74, 6) is -5.28. The molecule has 0 saturated carbocycles. The van der Waals surface area contributed by atoms with Gasteiger partial charge in [-0.1, -0.05) is 60.7 Å². The van der Waals surface area contributed by atoms with Crippen LogP contribution in [-0.4, -0.2) is 31.2 Å². The third kappa shape index (κ3) is 7.02. The van der Waals surface area contributed by atoms with E-state index < -0.39 is 18.0 Å². The molecule has 0 bridgehead atoms. The highest BCUT2D eigenvalue weighted by Crippen LogP contribution is 2.28. The predicted octanol–water partition coefficient (Wildman–Crippen LogP) is 4.77. The average Bonchev–Trinajstić information content (AvgIpc) is 2.71. The monoisotopic (exact) mass is 392 g/mol. The van der Waals surface area contributed by atoms with Gasteiger partial charge in [0.2, 0.25) is 0 Å². The molecular weight excluding hydrogens is 366 g/mol. The topological polar surface area (TPSA) is 44.8 Å². The molecular formula is C22H26F2O4. The number of hydrogen-bond donors (Lipinski definition) is 0. The highest BCUT2D eigenvalue weighted by atomic mass is 19.3. The molecule has 0 N–H and O–H groups in total. The molecule has 2 rings (SSSR count). The van der Waals surface area contributed by atoms with Gasteiger partial charge >= 0.3 is 11.9 Å². The van der Waals surface area contributed by atoms with Gasteiger partial charge in [-0.05, 0) is 30.9 Å². The van der Waals surface area contributed by atoms with Crippen LogP contribution in [0.25, 0.3) is 0 Å². The molecule has 6 heteroatoms. The summed E-state index contributed by atoms with van der Waals surface area (Å²) in [6.07, 6.45) is -1.26. The van der Waals surface area contributed by atoms with Crippen molar-refractivity contribution in [3.63, 3.8) is 0 Å². The lowest BCUT2D eigenvalue weighted by Crippen LogP contribution is -2.44. The van der Waals surface area contributed by atoms with Crippen LogP contribution in [0.2, 0.25) is 0 Å². The molecule has 4 nitrogen and oxygen atoms in total. The summed E-state index contributed by atoms with van der Waals surface area (Å²) in [5.41, 5.74) is 1.77. The van der Waals surface area contributed by atoms with Crippen LogP contribution in [0.3, 0.4) is 0 Å². The third-order valence-electron chi connectivity index (χ3n) is 4.11. The van der Waals surface area contributed by atoms with Gasteiger partial charge in [0, 0.05) is 6.61 Å². The van der Waals surface area contributed by atoms with Crippen molar-refractivity contribution in [1.82, 2.24) is 0 Å². The molecule has 0 heterocycles. The van der Waals surface area contributed by atoms with Crippen LogP contribution >= 0.6 is 0 Å². The van der Waals surface area contributed by atoms with E-state index in [4.69, 9.17) is 9.47 Å². The number of alkyl halides is 2. The van der Waals surface area contributed by atoms with Crippen molar-refractivity contribution in [3.05, 3.63) is 71.8 Å². The largest absolute Gasteiger partial charge is 0.461 e. The van der Waals surface area contributed by atoms with Crippen LogP contribution in [0.1, 0.15) is 30.9 Å². The Morgan fingerprint density at radius 1 is 0.964 bits per heavy atom. The average molecular weight is 392 g/mol. The molecule has 0 aromatic heterocycles. The lowest BCUT2D eigenvalue weighted by molar-refractivity contribution is -0.197. The summed E-state index contributed by atoms with van der Waals surface area (Å²) >= 11 is 0. The zero-order chi connectivity index (χ0) is 20.2. The Morgan fingerprint density at radius 2 is 1.54 bits per heavy atom. The maximum Gasteiger partial charge on any atom is 0.379 e. The highest BCUT2D eigenvalue weighted by Gasteiger charge is 2.49. The maximum atomic E-state index is 14.5. The Bertz CT molecular complexity index is 692. The Morgan fingerprint density at radius 3 is 2.11 bits per heavy atom. The van der Waals surface area contributed by atoms with E-state index in [0.717, 1.165) is 11.1 Å². The van der Waals surface area contributed by atoms with Crippen molar-refractivity contribution in [1.29, 1.82) is 0 Å². The first-order valence-corrected chi connectivity index (χ1v) is 9.36. The van der Waals surface area contributed by atoms with E-state index in [-0.39, 0.29) is 19.6 Å². The van der Waals surface area contributed by atoms with Crippen molar-refractivity contribution >= 4 is 5.97 Å². The highest BCUT2D eigenvalue weighted by molar-refractivity contribution is 5.78. The SMILES string of the molecule is CCOC(=O)C(F)(F)C(CCCOCc1ccccc1)OCc1ccccc1. The lowest BCUT2D eigenvalue weighted by atomic mass is 10.1. The number of esters is 1. The molecule has 1 unspecified atom stereocenters. The second kappa shape index (κ2) is 11.5. The predicted molar refractivity (Wildman–Crippen MR) is 102 cm³/mol.